The maximum Gasteiger partial charge on any atom is 0.119 e. The topological polar surface area (TPSA) is 41.9 Å². The standard InChI is InChI=1S/C18H23NO3S/c20-16(12-21-14-18-4-3-11-23-18)13-22-17-7-5-15(6-8-17)19-9-1-2-10-19/h3-8,11,16,20H,1-2,9-10,12-14H2. The predicted octanol–water partition coefficient (Wildman–Crippen LogP) is 3.30. The van der Waals surface area contributed by atoms with Crippen LogP contribution in [0.1, 0.15) is 17.7 Å². The first-order valence-corrected chi connectivity index (χ1v) is 8.95. The highest BCUT2D eigenvalue weighted by Crippen LogP contribution is 2.23. The molecular weight excluding hydrogens is 310 g/mol. The maximum atomic E-state index is 9.91. The van der Waals surface area contributed by atoms with Crippen LogP contribution in [0.15, 0.2) is 41.8 Å². The van der Waals surface area contributed by atoms with Gasteiger partial charge in [0.15, 0.2) is 0 Å². The largest absolute Gasteiger partial charge is 0.491 e. The van der Waals surface area contributed by atoms with Crippen molar-refractivity contribution in [3.05, 3.63) is 46.7 Å². The van der Waals surface area contributed by atoms with E-state index in [0.29, 0.717) is 6.61 Å². The van der Waals surface area contributed by atoms with Gasteiger partial charge in [0.1, 0.15) is 18.5 Å². The summed E-state index contributed by atoms with van der Waals surface area (Å²) in [5, 5.41) is 11.9. The Bertz CT molecular complexity index is 564. The molecule has 124 valence electrons. The van der Waals surface area contributed by atoms with Crippen LogP contribution in [-0.4, -0.2) is 37.5 Å². The molecule has 1 unspecified atom stereocenters. The number of rotatable bonds is 8. The third-order valence-electron chi connectivity index (χ3n) is 3.88. The third-order valence-corrected chi connectivity index (χ3v) is 4.73. The Balaban J connectivity index is 1.37. The van der Waals surface area contributed by atoms with E-state index in [2.05, 4.69) is 17.0 Å². The summed E-state index contributed by atoms with van der Waals surface area (Å²) in [6.07, 6.45) is 1.93. The average molecular weight is 333 g/mol. The summed E-state index contributed by atoms with van der Waals surface area (Å²) in [5.74, 6) is 0.783. The second-order valence-corrected chi connectivity index (χ2v) is 6.78. The normalized spacial score (nSPS) is 15.8. The second-order valence-electron chi connectivity index (χ2n) is 5.75. The van der Waals surface area contributed by atoms with Crippen molar-refractivity contribution in [1.82, 2.24) is 0 Å². The van der Waals surface area contributed by atoms with Gasteiger partial charge in [0, 0.05) is 23.7 Å². The van der Waals surface area contributed by atoms with Gasteiger partial charge in [0.25, 0.3) is 0 Å². The molecule has 1 N–H and O–H groups in total. The number of hydrogen-bond acceptors (Lipinski definition) is 5. The van der Waals surface area contributed by atoms with Crippen LogP contribution >= 0.6 is 11.3 Å². The molecule has 3 rings (SSSR count). The molecule has 1 aromatic heterocycles. The molecule has 5 heteroatoms. The lowest BCUT2D eigenvalue weighted by Gasteiger charge is -2.18. The molecule has 0 saturated carbocycles. The van der Waals surface area contributed by atoms with Gasteiger partial charge in [-0.3, -0.25) is 0 Å². The van der Waals surface area contributed by atoms with E-state index in [1.165, 1.54) is 18.5 Å². The van der Waals surface area contributed by atoms with E-state index < -0.39 is 6.10 Å². The molecular formula is C18H23NO3S. The van der Waals surface area contributed by atoms with E-state index in [0.717, 1.165) is 23.7 Å². The highest BCUT2D eigenvalue weighted by Gasteiger charge is 2.12. The van der Waals surface area contributed by atoms with Gasteiger partial charge in [-0.1, -0.05) is 6.07 Å². The summed E-state index contributed by atoms with van der Waals surface area (Å²) in [5.41, 5.74) is 1.25. The lowest BCUT2D eigenvalue weighted by Crippen LogP contribution is -2.23. The zero-order chi connectivity index (χ0) is 15.9. The summed E-state index contributed by atoms with van der Waals surface area (Å²) in [7, 11) is 0. The highest BCUT2D eigenvalue weighted by atomic mass is 32.1. The number of anilines is 1. The Kier molecular flexibility index (Phi) is 5.91. The van der Waals surface area contributed by atoms with Crippen molar-refractivity contribution >= 4 is 17.0 Å². The smallest absolute Gasteiger partial charge is 0.119 e. The summed E-state index contributed by atoms with van der Waals surface area (Å²) in [6, 6.07) is 12.1. The summed E-state index contributed by atoms with van der Waals surface area (Å²) < 4.78 is 11.1. The minimum Gasteiger partial charge on any atom is -0.491 e. The molecule has 1 aliphatic rings. The molecule has 23 heavy (non-hydrogen) atoms. The number of aliphatic hydroxyl groups is 1. The minimum atomic E-state index is -0.617. The first-order valence-electron chi connectivity index (χ1n) is 8.07. The van der Waals surface area contributed by atoms with Crippen molar-refractivity contribution in [1.29, 1.82) is 0 Å². The Morgan fingerprint density at radius 3 is 2.57 bits per heavy atom. The molecule has 1 saturated heterocycles. The number of benzene rings is 1. The van der Waals surface area contributed by atoms with Crippen molar-refractivity contribution in [3.8, 4) is 5.75 Å². The first kappa shape index (κ1) is 16.3. The number of hydrogen-bond donors (Lipinski definition) is 1. The van der Waals surface area contributed by atoms with E-state index in [1.54, 1.807) is 11.3 Å². The fourth-order valence-electron chi connectivity index (χ4n) is 2.66. The molecule has 1 atom stereocenters. The van der Waals surface area contributed by atoms with E-state index in [9.17, 15) is 5.11 Å². The fourth-order valence-corrected chi connectivity index (χ4v) is 3.30. The van der Waals surface area contributed by atoms with Crippen LogP contribution in [0.25, 0.3) is 0 Å². The van der Waals surface area contributed by atoms with Gasteiger partial charge in [0.2, 0.25) is 0 Å². The monoisotopic (exact) mass is 333 g/mol. The second kappa shape index (κ2) is 8.34. The third kappa shape index (κ3) is 4.96. The molecule has 4 nitrogen and oxygen atoms in total. The van der Waals surface area contributed by atoms with Crippen molar-refractivity contribution in [2.75, 3.05) is 31.2 Å². The molecule has 0 spiro atoms. The summed E-state index contributed by atoms with van der Waals surface area (Å²) >= 11 is 1.65. The first-order chi connectivity index (χ1) is 11.3. The number of thiophene rings is 1. The Morgan fingerprint density at radius 1 is 1.09 bits per heavy atom. The number of nitrogens with zero attached hydrogens (tertiary/aromatic N) is 1. The summed E-state index contributed by atoms with van der Waals surface area (Å²) in [6.45, 7) is 3.34. The predicted molar refractivity (Wildman–Crippen MR) is 93.4 cm³/mol. The van der Waals surface area contributed by atoms with Crippen LogP contribution in [0, 0.1) is 0 Å². The maximum absolute atomic E-state index is 9.91. The van der Waals surface area contributed by atoms with Gasteiger partial charge in [-0.25, -0.2) is 0 Å². The Morgan fingerprint density at radius 2 is 1.87 bits per heavy atom. The van der Waals surface area contributed by atoms with Crippen LogP contribution in [0.3, 0.4) is 0 Å². The molecule has 2 aromatic rings. The van der Waals surface area contributed by atoms with Crippen molar-refractivity contribution in [3.63, 3.8) is 0 Å². The SMILES string of the molecule is OC(COCc1cccs1)COc1ccc(N2CCCC2)cc1. The molecule has 0 aliphatic carbocycles. The zero-order valence-electron chi connectivity index (χ0n) is 13.2. The van der Waals surface area contributed by atoms with Crippen molar-refractivity contribution in [2.24, 2.45) is 0 Å². The fraction of sp³-hybridized carbons (Fsp3) is 0.444. The highest BCUT2D eigenvalue weighted by molar-refractivity contribution is 7.09. The van der Waals surface area contributed by atoms with Crippen LogP contribution in [0.2, 0.25) is 0 Å². The molecule has 1 fully saturated rings. The summed E-state index contributed by atoms with van der Waals surface area (Å²) in [4.78, 5) is 3.55. The minimum absolute atomic E-state index is 0.244. The van der Waals surface area contributed by atoms with Crippen molar-refractivity contribution in [2.45, 2.75) is 25.6 Å². The molecule has 1 aromatic carbocycles. The van der Waals surface area contributed by atoms with Gasteiger partial charge in [-0.2, -0.15) is 0 Å². The van der Waals surface area contributed by atoms with Crippen LogP contribution in [-0.2, 0) is 11.3 Å². The molecule has 0 radical (unpaired) electrons. The van der Waals surface area contributed by atoms with Gasteiger partial charge >= 0.3 is 0 Å². The van der Waals surface area contributed by atoms with E-state index >= 15 is 0 Å². The van der Waals surface area contributed by atoms with Gasteiger partial charge in [-0.05, 0) is 48.6 Å². The van der Waals surface area contributed by atoms with Crippen LogP contribution in [0.4, 0.5) is 5.69 Å². The average Bonchev–Trinajstić information content (AvgIpc) is 3.27. The lowest BCUT2D eigenvalue weighted by atomic mass is 10.3. The molecule has 1 aliphatic heterocycles. The van der Waals surface area contributed by atoms with E-state index in [4.69, 9.17) is 9.47 Å². The number of aliphatic hydroxyl groups excluding tert-OH is 1. The van der Waals surface area contributed by atoms with Gasteiger partial charge < -0.3 is 19.5 Å². The molecule has 0 amide bonds. The van der Waals surface area contributed by atoms with Crippen LogP contribution in [0.5, 0.6) is 5.75 Å². The lowest BCUT2D eigenvalue weighted by molar-refractivity contribution is 0.00625. The molecule has 0 bridgehead atoms. The number of ether oxygens (including phenoxy) is 2. The quantitative estimate of drug-likeness (QED) is 0.805. The Hall–Kier alpha value is -1.56. The van der Waals surface area contributed by atoms with Gasteiger partial charge in [0.05, 0.1) is 13.2 Å². The van der Waals surface area contributed by atoms with E-state index in [1.807, 2.05) is 29.6 Å². The zero-order valence-corrected chi connectivity index (χ0v) is 14.0. The molecule has 2 heterocycles. The van der Waals surface area contributed by atoms with E-state index in [-0.39, 0.29) is 13.2 Å². The Labute approximate surface area is 141 Å². The van der Waals surface area contributed by atoms with Crippen LogP contribution < -0.4 is 9.64 Å². The van der Waals surface area contributed by atoms with Crippen molar-refractivity contribution < 1.29 is 14.6 Å². The van der Waals surface area contributed by atoms with Gasteiger partial charge in [-0.15, -0.1) is 11.3 Å².